The summed E-state index contributed by atoms with van der Waals surface area (Å²) < 4.78 is 26.1. The van der Waals surface area contributed by atoms with Crippen molar-refractivity contribution in [3.05, 3.63) is 12.3 Å². The van der Waals surface area contributed by atoms with Gasteiger partial charge in [0.2, 0.25) is 0 Å². The van der Waals surface area contributed by atoms with Gasteiger partial charge < -0.3 is 4.18 Å². The van der Waals surface area contributed by atoms with Crippen LogP contribution in [-0.4, -0.2) is 65.7 Å². The molecule has 1 amide bonds. The maximum absolute atomic E-state index is 10.3. The number of carbonyl (C=O) groups excluding carboxylic acids is 1. The smallest absolute Gasteiger partial charge is 0.375 e. The zero-order chi connectivity index (χ0) is 6.91. The van der Waals surface area contributed by atoms with E-state index in [2.05, 4.69) is 4.18 Å². The van der Waals surface area contributed by atoms with Crippen LogP contribution >= 0.6 is 0 Å². The van der Waals surface area contributed by atoms with Crippen molar-refractivity contribution in [3.8, 4) is 0 Å². The number of carbonyl (C=O) groups is 1. The number of hydrogen-bond donors (Lipinski definition) is 1. The quantitative estimate of drug-likeness (QED) is 0.470. The van der Waals surface area contributed by atoms with Gasteiger partial charge in [-0.25, -0.2) is 4.72 Å². The van der Waals surface area contributed by atoms with Gasteiger partial charge in [0.1, 0.15) is 6.26 Å². The number of hydrogen-bond acceptors (Lipinski definition) is 4. The van der Waals surface area contributed by atoms with Crippen molar-refractivity contribution in [1.82, 2.24) is 4.72 Å². The van der Waals surface area contributed by atoms with Gasteiger partial charge in [-0.3, -0.25) is 4.79 Å². The summed E-state index contributed by atoms with van der Waals surface area (Å²) in [6.45, 7) is 0. The van der Waals surface area contributed by atoms with Crippen molar-refractivity contribution in [3.63, 3.8) is 0 Å². The Labute approximate surface area is 100 Å². The van der Waals surface area contributed by atoms with E-state index in [1.54, 1.807) is 4.72 Å². The van der Waals surface area contributed by atoms with Crippen LogP contribution in [0.15, 0.2) is 12.3 Å². The minimum Gasteiger partial charge on any atom is -0.375 e. The molecule has 7 heteroatoms. The van der Waals surface area contributed by atoms with E-state index in [0.717, 1.165) is 12.3 Å². The Bertz CT molecular complexity index is 256. The first-order valence-electron chi connectivity index (χ1n) is 2.02. The molecule has 1 aliphatic heterocycles. The first-order chi connectivity index (χ1) is 4.10. The molecule has 1 radical (unpaired) electrons. The average Bonchev–Trinajstić information content (AvgIpc) is 1.60. The van der Waals surface area contributed by atoms with Crippen molar-refractivity contribution in [1.29, 1.82) is 0 Å². The fraction of sp³-hybridized carbons (Fsp3) is 0. The molecule has 1 rings (SSSR count). The van der Waals surface area contributed by atoms with Crippen LogP contribution in [0.25, 0.3) is 0 Å². The van der Waals surface area contributed by atoms with Gasteiger partial charge in [0.15, 0.2) is 0 Å². The molecule has 0 spiro atoms. The normalized spacial score (nSPS) is 20.2. The third-order valence-electron chi connectivity index (χ3n) is 0.627. The zero-order valence-corrected chi connectivity index (χ0v) is 9.14. The molecule has 0 aliphatic carbocycles. The minimum atomic E-state index is -3.82. The molecule has 0 atom stereocenters. The molecule has 5 nitrogen and oxygen atoms in total. The predicted octanol–water partition coefficient (Wildman–Crippen LogP) is -1.49. The topological polar surface area (TPSA) is 72.5 Å². The Hall–Kier alpha value is 0.596. The Morgan fingerprint density at radius 1 is 1.50 bits per heavy atom. The molecule has 0 saturated carbocycles. The summed E-state index contributed by atoms with van der Waals surface area (Å²) in [7, 11) is -3.82. The van der Waals surface area contributed by atoms with E-state index in [4.69, 9.17) is 0 Å². The summed E-state index contributed by atoms with van der Waals surface area (Å²) >= 11 is 0. The number of rotatable bonds is 0. The SMILES string of the molecule is O=C1C=COS(=O)(=O)N1.[K]. The van der Waals surface area contributed by atoms with Crippen molar-refractivity contribution in [2.45, 2.75) is 0 Å². The third-order valence-corrected chi connectivity index (χ3v) is 1.44. The Morgan fingerprint density at radius 2 is 2.10 bits per heavy atom. The van der Waals surface area contributed by atoms with Crippen LogP contribution in [0, 0.1) is 0 Å². The van der Waals surface area contributed by atoms with E-state index in [1.165, 1.54) is 0 Å². The molecule has 0 aromatic carbocycles. The van der Waals surface area contributed by atoms with Gasteiger partial charge in [-0.05, 0) is 0 Å². The molecule has 0 fully saturated rings. The van der Waals surface area contributed by atoms with Crippen LogP contribution in [0.1, 0.15) is 0 Å². The molecule has 1 aliphatic rings. The van der Waals surface area contributed by atoms with E-state index in [1.807, 2.05) is 0 Å². The molecule has 0 aromatic rings. The molecule has 0 aromatic heterocycles. The number of amides is 1. The van der Waals surface area contributed by atoms with Gasteiger partial charge in [-0.15, -0.1) is 0 Å². The molecule has 0 saturated heterocycles. The molecule has 1 N–H and O–H groups in total. The van der Waals surface area contributed by atoms with Crippen LogP contribution in [0.5, 0.6) is 0 Å². The second-order valence-electron chi connectivity index (χ2n) is 1.32. The van der Waals surface area contributed by atoms with Gasteiger partial charge in [0, 0.05) is 57.5 Å². The van der Waals surface area contributed by atoms with Crippen molar-refractivity contribution < 1.29 is 17.4 Å². The molecular formula is C3H3KNO4S. The standard InChI is InChI=1S/C3H3NO4S.K/c5-3-1-2-8-9(6,7)4-3;/h1-2H,(H,4,5);. The molecular weight excluding hydrogens is 185 g/mol. The summed E-state index contributed by atoms with van der Waals surface area (Å²) in [4.78, 5) is 10.2. The maximum atomic E-state index is 10.3. The van der Waals surface area contributed by atoms with Crippen LogP contribution < -0.4 is 4.72 Å². The van der Waals surface area contributed by atoms with E-state index >= 15 is 0 Å². The van der Waals surface area contributed by atoms with Crippen molar-refractivity contribution in [2.24, 2.45) is 0 Å². The largest absolute Gasteiger partial charge is 0.409 e. The molecule has 1 heterocycles. The Morgan fingerprint density at radius 3 is 2.40 bits per heavy atom. The summed E-state index contributed by atoms with van der Waals surface area (Å²) in [6, 6.07) is 0. The van der Waals surface area contributed by atoms with Gasteiger partial charge >= 0.3 is 10.3 Å². The summed E-state index contributed by atoms with van der Waals surface area (Å²) in [5.41, 5.74) is 0. The zero-order valence-electron chi connectivity index (χ0n) is 5.20. The first kappa shape index (κ1) is 10.6. The minimum absolute atomic E-state index is 0. The number of nitrogens with one attached hydrogen (secondary N) is 1. The second kappa shape index (κ2) is 3.84. The van der Waals surface area contributed by atoms with E-state index in [0.29, 0.717) is 0 Å². The first-order valence-corrected chi connectivity index (χ1v) is 3.42. The second-order valence-corrected chi connectivity index (χ2v) is 2.62. The monoisotopic (exact) mass is 188 g/mol. The Kier molecular flexibility index (Phi) is 4.06. The van der Waals surface area contributed by atoms with Gasteiger partial charge in [0.05, 0.1) is 0 Å². The van der Waals surface area contributed by atoms with Crippen LogP contribution in [-0.2, 0) is 19.3 Å². The average molecular weight is 188 g/mol. The molecule has 0 bridgehead atoms. The van der Waals surface area contributed by atoms with Crippen LogP contribution in [0.4, 0.5) is 0 Å². The van der Waals surface area contributed by atoms with E-state index in [9.17, 15) is 13.2 Å². The van der Waals surface area contributed by atoms with Gasteiger partial charge in [0.25, 0.3) is 5.91 Å². The fourth-order valence-electron chi connectivity index (χ4n) is 0.344. The summed E-state index contributed by atoms with van der Waals surface area (Å²) in [5, 5.41) is 0. The summed E-state index contributed by atoms with van der Waals surface area (Å²) in [5.74, 6) is -0.693. The van der Waals surface area contributed by atoms with E-state index in [-0.39, 0.29) is 51.4 Å². The maximum Gasteiger partial charge on any atom is 0.409 e. The Balaban J connectivity index is 0.000000810. The van der Waals surface area contributed by atoms with Gasteiger partial charge in [-0.2, -0.15) is 8.42 Å². The molecule has 51 valence electrons. The summed E-state index contributed by atoms with van der Waals surface area (Å²) in [6.07, 6.45) is 1.79. The van der Waals surface area contributed by atoms with Crippen LogP contribution in [0.2, 0.25) is 0 Å². The van der Waals surface area contributed by atoms with E-state index < -0.39 is 16.2 Å². The predicted molar refractivity (Wildman–Crippen MR) is 33.0 cm³/mol. The fourth-order valence-corrected chi connectivity index (χ4v) is 0.908. The third kappa shape index (κ3) is 3.13. The molecule has 0 unspecified atom stereocenters. The van der Waals surface area contributed by atoms with Crippen molar-refractivity contribution in [2.75, 3.05) is 0 Å². The van der Waals surface area contributed by atoms with Crippen LogP contribution in [0.3, 0.4) is 0 Å². The van der Waals surface area contributed by atoms with Crippen molar-refractivity contribution >= 4 is 67.6 Å². The molecule has 10 heavy (non-hydrogen) atoms. The van der Waals surface area contributed by atoms with Gasteiger partial charge in [-0.1, -0.05) is 0 Å².